The van der Waals surface area contributed by atoms with Gasteiger partial charge in [0.05, 0.1) is 5.92 Å². The Morgan fingerprint density at radius 1 is 1.47 bits per heavy atom. The maximum Gasteiger partial charge on any atom is 0.224 e. The monoisotopic (exact) mass is 215 g/mol. The Balaban J connectivity index is 3.81. The molecular weight excluding hydrogens is 190 g/mol. The van der Waals surface area contributed by atoms with Crippen molar-refractivity contribution in [3.63, 3.8) is 0 Å². The van der Waals surface area contributed by atoms with E-state index >= 15 is 0 Å². The third-order valence-corrected chi connectivity index (χ3v) is 2.73. The molecule has 0 aromatic carbocycles. The summed E-state index contributed by atoms with van der Waals surface area (Å²) in [5.41, 5.74) is 5.56. The molecule has 1 amide bonds. The van der Waals surface area contributed by atoms with Crippen LogP contribution in [0.1, 0.15) is 20.8 Å². The Hall–Kier alpha value is -0.610. The number of nitrogens with two attached hydrogens (primary N) is 1. The van der Waals surface area contributed by atoms with E-state index < -0.39 is 0 Å². The van der Waals surface area contributed by atoms with E-state index in [1.165, 1.54) is 0 Å². The Bertz CT molecular complexity index is 183. The second kappa shape index (κ2) is 7.65. The zero-order valence-corrected chi connectivity index (χ0v) is 10.4. The fourth-order valence-corrected chi connectivity index (χ4v) is 1.34. The van der Waals surface area contributed by atoms with Crippen LogP contribution in [0.25, 0.3) is 0 Å². The lowest BCUT2D eigenvalue weighted by atomic mass is 9.95. The van der Waals surface area contributed by atoms with E-state index in [1.54, 1.807) is 0 Å². The van der Waals surface area contributed by atoms with Gasteiger partial charge in [0.25, 0.3) is 0 Å². The Kier molecular flexibility index (Phi) is 7.34. The van der Waals surface area contributed by atoms with Crippen LogP contribution in [0.5, 0.6) is 0 Å². The molecule has 1 unspecified atom stereocenters. The predicted octanol–water partition coefficient (Wildman–Crippen LogP) is 0.285. The molecule has 0 saturated heterocycles. The van der Waals surface area contributed by atoms with Crippen molar-refractivity contribution in [3.8, 4) is 0 Å². The quantitative estimate of drug-likeness (QED) is 0.641. The van der Waals surface area contributed by atoms with Gasteiger partial charge < -0.3 is 16.0 Å². The minimum atomic E-state index is -0.0584. The van der Waals surface area contributed by atoms with Crippen LogP contribution in [-0.2, 0) is 4.79 Å². The van der Waals surface area contributed by atoms with Crippen molar-refractivity contribution in [1.82, 2.24) is 10.2 Å². The summed E-state index contributed by atoms with van der Waals surface area (Å²) < 4.78 is 0. The lowest BCUT2D eigenvalue weighted by Crippen LogP contribution is -2.40. The van der Waals surface area contributed by atoms with Crippen LogP contribution < -0.4 is 11.1 Å². The molecule has 0 aromatic rings. The van der Waals surface area contributed by atoms with Crippen molar-refractivity contribution >= 4 is 5.91 Å². The maximum atomic E-state index is 11.7. The van der Waals surface area contributed by atoms with Crippen LogP contribution in [0.2, 0.25) is 0 Å². The summed E-state index contributed by atoms with van der Waals surface area (Å²) in [6, 6.07) is 0. The number of nitrogens with zero attached hydrogens (tertiary/aromatic N) is 1. The molecular formula is C11H25N3O. The predicted molar refractivity (Wildman–Crippen MR) is 63.6 cm³/mol. The SMILES string of the molecule is CCN(C)CCNC(=O)C(CN)C(C)C. The van der Waals surface area contributed by atoms with Crippen molar-refractivity contribution < 1.29 is 4.79 Å². The minimum Gasteiger partial charge on any atom is -0.355 e. The van der Waals surface area contributed by atoms with Crippen LogP contribution in [0.15, 0.2) is 0 Å². The molecule has 0 saturated carbocycles. The van der Waals surface area contributed by atoms with Crippen molar-refractivity contribution in [1.29, 1.82) is 0 Å². The van der Waals surface area contributed by atoms with Gasteiger partial charge in [-0.1, -0.05) is 20.8 Å². The smallest absolute Gasteiger partial charge is 0.224 e. The molecule has 0 aliphatic heterocycles. The number of hydrogen-bond acceptors (Lipinski definition) is 3. The van der Waals surface area contributed by atoms with Crippen molar-refractivity contribution in [2.24, 2.45) is 17.6 Å². The third-order valence-electron chi connectivity index (χ3n) is 2.73. The van der Waals surface area contributed by atoms with Gasteiger partial charge in [-0.15, -0.1) is 0 Å². The summed E-state index contributed by atoms with van der Waals surface area (Å²) in [7, 11) is 2.04. The third kappa shape index (κ3) is 5.74. The maximum absolute atomic E-state index is 11.7. The summed E-state index contributed by atoms with van der Waals surface area (Å²) in [6.45, 7) is 9.15. The first-order valence-corrected chi connectivity index (χ1v) is 5.69. The highest BCUT2D eigenvalue weighted by molar-refractivity contribution is 5.79. The first-order chi connectivity index (χ1) is 7.02. The van der Waals surface area contributed by atoms with Gasteiger partial charge in [0.1, 0.15) is 0 Å². The summed E-state index contributed by atoms with van der Waals surface area (Å²) in [4.78, 5) is 13.8. The van der Waals surface area contributed by atoms with E-state index in [4.69, 9.17) is 5.73 Å². The van der Waals surface area contributed by atoms with Gasteiger partial charge in [-0.05, 0) is 19.5 Å². The topological polar surface area (TPSA) is 58.4 Å². The molecule has 90 valence electrons. The van der Waals surface area contributed by atoms with Crippen LogP contribution >= 0.6 is 0 Å². The van der Waals surface area contributed by atoms with E-state index in [1.807, 2.05) is 20.9 Å². The van der Waals surface area contributed by atoms with Crippen LogP contribution in [0.3, 0.4) is 0 Å². The van der Waals surface area contributed by atoms with Gasteiger partial charge in [0.15, 0.2) is 0 Å². The Morgan fingerprint density at radius 3 is 2.47 bits per heavy atom. The lowest BCUT2D eigenvalue weighted by molar-refractivity contribution is -0.125. The van der Waals surface area contributed by atoms with Crippen LogP contribution in [0, 0.1) is 11.8 Å². The fraction of sp³-hybridized carbons (Fsp3) is 0.909. The van der Waals surface area contributed by atoms with E-state index in [0.717, 1.165) is 13.1 Å². The molecule has 0 bridgehead atoms. The van der Waals surface area contributed by atoms with Crippen LogP contribution in [-0.4, -0.2) is 44.0 Å². The number of carbonyl (C=O) groups excluding carboxylic acids is 1. The molecule has 0 rings (SSSR count). The summed E-state index contributed by atoms with van der Waals surface area (Å²) >= 11 is 0. The number of carbonyl (C=O) groups is 1. The second-order valence-electron chi connectivity index (χ2n) is 4.27. The van der Waals surface area contributed by atoms with Crippen molar-refractivity contribution in [2.75, 3.05) is 33.2 Å². The molecule has 4 heteroatoms. The molecule has 0 heterocycles. The Morgan fingerprint density at radius 2 is 2.07 bits per heavy atom. The van der Waals surface area contributed by atoms with Gasteiger partial charge in [-0.3, -0.25) is 4.79 Å². The summed E-state index contributed by atoms with van der Waals surface area (Å²) in [6.07, 6.45) is 0. The van der Waals surface area contributed by atoms with Crippen LogP contribution in [0.4, 0.5) is 0 Å². The first kappa shape index (κ1) is 14.4. The number of nitrogens with one attached hydrogen (secondary N) is 1. The zero-order chi connectivity index (χ0) is 11.8. The van der Waals surface area contributed by atoms with Gasteiger partial charge in [-0.2, -0.15) is 0 Å². The molecule has 0 spiro atoms. The minimum absolute atomic E-state index is 0.0584. The molecule has 0 aliphatic carbocycles. The van der Waals surface area contributed by atoms with E-state index in [-0.39, 0.29) is 11.8 Å². The largest absolute Gasteiger partial charge is 0.355 e. The molecule has 1 atom stereocenters. The van der Waals surface area contributed by atoms with E-state index in [2.05, 4.69) is 17.1 Å². The molecule has 0 radical (unpaired) electrons. The standard InChI is InChI=1S/C11H25N3O/c1-5-14(4)7-6-13-11(15)10(8-12)9(2)3/h9-10H,5-8,12H2,1-4H3,(H,13,15). The summed E-state index contributed by atoms with van der Waals surface area (Å²) in [5, 5.41) is 2.92. The highest BCUT2D eigenvalue weighted by Gasteiger charge is 2.19. The second-order valence-corrected chi connectivity index (χ2v) is 4.27. The highest BCUT2D eigenvalue weighted by atomic mass is 16.1. The number of amides is 1. The van der Waals surface area contributed by atoms with Gasteiger partial charge in [-0.25, -0.2) is 0 Å². The average Bonchev–Trinajstić information content (AvgIpc) is 2.17. The van der Waals surface area contributed by atoms with E-state index in [0.29, 0.717) is 19.0 Å². The van der Waals surface area contributed by atoms with Crippen molar-refractivity contribution in [3.05, 3.63) is 0 Å². The molecule has 15 heavy (non-hydrogen) atoms. The van der Waals surface area contributed by atoms with E-state index in [9.17, 15) is 4.79 Å². The van der Waals surface area contributed by atoms with Gasteiger partial charge >= 0.3 is 0 Å². The average molecular weight is 215 g/mol. The Labute approximate surface area is 93.2 Å². The number of hydrogen-bond donors (Lipinski definition) is 2. The van der Waals surface area contributed by atoms with Gasteiger partial charge in [0.2, 0.25) is 5.91 Å². The molecule has 0 aromatic heterocycles. The zero-order valence-electron chi connectivity index (χ0n) is 10.4. The molecule has 4 nitrogen and oxygen atoms in total. The lowest BCUT2D eigenvalue weighted by Gasteiger charge is -2.19. The fourth-order valence-electron chi connectivity index (χ4n) is 1.34. The molecule has 0 aliphatic rings. The number of likely N-dealkylation sites (N-methyl/N-ethyl adjacent to an activating group) is 1. The van der Waals surface area contributed by atoms with Gasteiger partial charge in [0, 0.05) is 19.6 Å². The number of rotatable bonds is 7. The van der Waals surface area contributed by atoms with Crippen molar-refractivity contribution in [2.45, 2.75) is 20.8 Å². The summed E-state index contributed by atoms with van der Waals surface area (Å²) in [5.74, 6) is 0.327. The normalized spacial score (nSPS) is 13.3. The highest BCUT2D eigenvalue weighted by Crippen LogP contribution is 2.08. The molecule has 0 fully saturated rings. The molecule has 3 N–H and O–H groups in total. The first-order valence-electron chi connectivity index (χ1n) is 5.69.